The first-order valence-electron chi connectivity index (χ1n) is 3.20. The van der Waals surface area contributed by atoms with E-state index in [0.717, 1.165) is 17.8 Å². The predicted molar refractivity (Wildman–Crippen MR) is 52.3 cm³/mol. The summed E-state index contributed by atoms with van der Waals surface area (Å²) in [5, 5.41) is 0.860. The third kappa shape index (κ3) is 6.56. The van der Waals surface area contributed by atoms with Crippen LogP contribution >= 0.6 is 31.9 Å². The van der Waals surface area contributed by atoms with Crippen LogP contribution in [0, 0.1) is 0 Å². The van der Waals surface area contributed by atoms with Gasteiger partial charge in [0.15, 0.2) is 0 Å². The zero-order valence-corrected chi connectivity index (χ0v) is 9.23. The number of halogens is 2. The lowest BCUT2D eigenvalue weighted by atomic mass is 10.4. The molecule has 0 saturated heterocycles. The Morgan fingerprint density at radius 1 is 1.73 bits per heavy atom. The van der Waals surface area contributed by atoms with Gasteiger partial charge in [-0.2, -0.15) is 0 Å². The minimum atomic E-state index is -0.362. The predicted octanol–water partition coefficient (Wildman–Crippen LogP) is 2.26. The van der Waals surface area contributed by atoms with Crippen molar-refractivity contribution in [1.29, 1.82) is 0 Å². The van der Waals surface area contributed by atoms with E-state index in [1.807, 2.05) is 0 Å². The third-order valence-electron chi connectivity index (χ3n) is 1.01. The second-order valence-corrected chi connectivity index (χ2v) is 3.85. The molecule has 0 aliphatic heterocycles. The van der Waals surface area contributed by atoms with Crippen molar-refractivity contribution in [3.8, 4) is 0 Å². The number of esters is 1. The van der Waals surface area contributed by atoms with Gasteiger partial charge in [0.05, 0.1) is 6.61 Å². The topological polar surface area (TPSA) is 26.3 Å². The van der Waals surface area contributed by atoms with Crippen LogP contribution in [0.5, 0.6) is 0 Å². The molecule has 0 aromatic heterocycles. The number of ether oxygens (including phenoxy) is 1. The van der Waals surface area contributed by atoms with Crippen LogP contribution in [0.1, 0.15) is 6.42 Å². The Balaban J connectivity index is 3.26. The van der Waals surface area contributed by atoms with Gasteiger partial charge in [0.1, 0.15) is 0 Å². The highest BCUT2D eigenvalue weighted by Crippen LogP contribution is 2.07. The molecule has 0 spiro atoms. The van der Waals surface area contributed by atoms with Crippen LogP contribution in [0.3, 0.4) is 0 Å². The molecule has 1 atom stereocenters. The van der Waals surface area contributed by atoms with Crippen molar-refractivity contribution in [2.24, 2.45) is 0 Å². The molecular weight excluding hydrogens is 276 g/mol. The molecule has 0 heterocycles. The molecule has 0 aliphatic carbocycles. The first-order chi connectivity index (χ1) is 5.20. The molecule has 0 aromatic rings. The number of hydrogen-bond donors (Lipinski definition) is 0. The summed E-state index contributed by atoms with van der Waals surface area (Å²) in [6.45, 7) is 3.72. The Morgan fingerprint density at radius 2 is 2.36 bits per heavy atom. The summed E-state index contributed by atoms with van der Waals surface area (Å²) in [7, 11) is 0. The summed E-state index contributed by atoms with van der Waals surface area (Å²) >= 11 is 6.68. The molecule has 64 valence electrons. The normalized spacial score (nSPS) is 12.2. The van der Waals surface area contributed by atoms with Gasteiger partial charge in [0.2, 0.25) is 0 Å². The molecule has 0 saturated carbocycles. The van der Waals surface area contributed by atoms with E-state index in [2.05, 4.69) is 38.4 Å². The summed E-state index contributed by atoms with van der Waals surface area (Å²) in [6, 6.07) is 0. The zero-order valence-electron chi connectivity index (χ0n) is 6.06. The molecule has 11 heavy (non-hydrogen) atoms. The molecule has 0 aromatic carbocycles. The average molecular weight is 286 g/mol. The van der Waals surface area contributed by atoms with Gasteiger partial charge in [0, 0.05) is 16.2 Å². The van der Waals surface area contributed by atoms with Crippen molar-refractivity contribution in [2.75, 3.05) is 11.9 Å². The van der Waals surface area contributed by atoms with Crippen LogP contribution in [0.25, 0.3) is 0 Å². The molecule has 1 unspecified atom stereocenters. The highest BCUT2D eigenvalue weighted by atomic mass is 79.9. The molecule has 0 N–H and O–H groups in total. The zero-order chi connectivity index (χ0) is 8.69. The van der Waals surface area contributed by atoms with Crippen molar-refractivity contribution < 1.29 is 9.53 Å². The van der Waals surface area contributed by atoms with Gasteiger partial charge in [-0.1, -0.05) is 38.4 Å². The van der Waals surface area contributed by atoms with Crippen LogP contribution in [-0.2, 0) is 9.53 Å². The van der Waals surface area contributed by atoms with Crippen molar-refractivity contribution in [3.63, 3.8) is 0 Å². The lowest BCUT2D eigenvalue weighted by Crippen LogP contribution is -2.08. The monoisotopic (exact) mass is 284 g/mol. The molecule has 0 aliphatic rings. The fourth-order valence-electron chi connectivity index (χ4n) is 0.423. The van der Waals surface area contributed by atoms with Gasteiger partial charge < -0.3 is 4.74 Å². The van der Waals surface area contributed by atoms with Gasteiger partial charge in [-0.15, -0.1) is 0 Å². The highest BCUT2D eigenvalue weighted by molar-refractivity contribution is 9.12. The van der Waals surface area contributed by atoms with Crippen LogP contribution in [-0.4, -0.2) is 22.7 Å². The van der Waals surface area contributed by atoms with E-state index in [1.54, 1.807) is 0 Å². The van der Waals surface area contributed by atoms with Crippen LogP contribution in [0.4, 0.5) is 0 Å². The Kier molecular flexibility index (Phi) is 6.96. The van der Waals surface area contributed by atoms with Gasteiger partial charge in [-0.3, -0.25) is 0 Å². The quantitative estimate of drug-likeness (QED) is 0.440. The van der Waals surface area contributed by atoms with E-state index < -0.39 is 0 Å². The Morgan fingerprint density at radius 3 is 2.82 bits per heavy atom. The van der Waals surface area contributed by atoms with Crippen molar-refractivity contribution in [2.45, 2.75) is 11.2 Å². The van der Waals surface area contributed by atoms with E-state index in [0.29, 0.717) is 11.4 Å². The molecule has 0 bridgehead atoms. The second kappa shape index (κ2) is 6.85. The van der Waals surface area contributed by atoms with Gasteiger partial charge in [-0.25, -0.2) is 4.79 Å². The maximum Gasteiger partial charge on any atom is 0.330 e. The lowest BCUT2D eigenvalue weighted by Gasteiger charge is -2.04. The van der Waals surface area contributed by atoms with Gasteiger partial charge >= 0.3 is 5.97 Å². The van der Waals surface area contributed by atoms with Crippen LogP contribution in [0.2, 0.25) is 0 Å². The average Bonchev–Trinajstić information content (AvgIpc) is 2.04. The van der Waals surface area contributed by atoms with E-state index in [1.165, 1.54) is 0 Å². The Hall–Kier alpha value is 0.170. The summed E-state index contributed by atoms with van der Waals surface area (Å²) < 4.78 is 4.76. The SMILES string of the molecule is C=CC(=O)OCCC(Br)CBr. The number of alkyl halides is 2. The number of hydrogen-bond acceptors (Lipinski definition) is 2. The fourth-order valence-corrected chi connectivity index (χ4v) is 0.934. The van der Waals surface area contributed by atoms with Crippen LogP contribution in [0.15, 0.2) is 12.7 Å². The van der Waals surface area contributed by atoms with Crippen LogP contribution < -0.4 is 0 Å². The molecule has 0 fully saturated rings. The van der Waals surface area contributed by atoms with Crippen molar-refractivity contribution >= 4 is 37.8 Å². The standard InChI is InChI=1S/C7H10Br2O2/c1-2-7(10)11-4-3-6(9)5-8/h2,6H,1,3-5H2. The van der Waals surface area contributed by atoms with Crippen molar-refractivity contribution in [1.82, 2.24) is 0 Å². The van der Waals surface area contributed by atoms with E-state index in [4.69, 9.17) is 4.74 Å². The number of rotatable bonds is 5. The molecule has 2 nitrogen and oxygen atoms in total. The maximum absolute atomic E-state index is 10.5. The summed E-state index contributed by atoms with van der Waals surface area (Å²) in [5.74, 6) is -0.362. The first-order valence-corrected chi connectivity index (χ1v) is 5.23. The molecule has 0 rings (SSSR count). The van der Waals surface area contributed by atoms with E-state index in [-0.39, 0.29) is 5.97 Å². The summed E-state index contributed by atoms with van der Waals surface area (Å²) in [6.07, 6.45) is 1.97. The molecule has 4 heteroatoms. The second-order valence-electron chi connectivity index (χ2n) is 1.91. The number of carbonyl (C=O) groups is 1. The fraction of sp³-hybridized carbons (Fsp3) is 0.571. The largest absolute Gasteiger partial charge is 0.463 e. The smallest absolute Gasteiger partial charge is 0.330 e. The summed E-state index contributed by atoms with van der Waals surface area (Å²) in [5.41, 5.74) is 0. The van der Waals surface area contributed by atoms with E-state index >= 15 is 0 Å². The number of carbonyl (C=O) groups excluding carboxylic acids is 1. The molecule has 0 amide bonds. The van der Waals surface area contributed by atoms with Crippen molar-refractivity contribution in [3.05, 3.63) is 12.7 Å². The van der Waals surface area contributed by atoms with E-state index in [9.17, 15) is 4.79 Å². The summed E-state index contributed by atoms with van der Waals surface area (Å²) in [4.78, 5) is 10.9. The highest BCUT2D eigenvalue weighted by Gasteiger charge is 2.02. The van der Waals surface area contributed by atoms with Gasteiger partial charge in [-0.05, 0) is 6.42 Å². The minimum absolute atomic E-state index is 0.361. The first kappa shape index (κ1) is 11.2. The third-order valence-corrected chi connectivity index (χ3v) is 3.44. The van der Waals surface area contributed by atoms with Gasteiger partial charge in [0.25, 0.3) is 0 Å². The molecular formula is C7H10Br2O2. The maximum atomic E-state index is 10.5. The Bertz CT molecular complexity index is 136. The Labute approximate surface area is 83.2 Å². The molecule has 0 radical (unpaired) electrons. The minimum Gasteiger partial charge on any atom is -0.463 e. The lowest BCUT2D eigenvalue weighted by molar-refractivity contribution is -0.137.